The fourth-order valence-corrected chi connectivity index (χ4v) is 3.04. The zero-order valence-electron chi connectivity index (χ0n) is 14.9. The van der Waals surface area contributed by atoms with Crippen molar-refractivity contribution in [1.82, 2.24) is 0 Å². The number of nitrogens with one attached hydrogen (secondary N) is 1. The van der Waals surface area contributed by atoms with E-state index >= 15 is 0 Å². The Hall–Kier alpha value is -3.20. The third kappa shape index (κ3) is 3.42. The van der Waals surface area contributed by atoms with Crippen molar-refractivity contribution in [1.29, 1.82) is 0 Å². The van der Waals surface area contributed by atoms with E-state index in [-0.39, 0.29) is 11.7 Å². The fourth-order valence-electron chi connectivity index (χ4n) is 3.04. The molecule has 0 aromatic heterocycles. The van der Waals surface area contributed by atoms with Gasteiger partial charge in [0.1, 0.15) is 0 Å². The van der Waals surface area contributed by atoms with Crippen LogP contribution in [0.4, 0.5) is 5.69 Å². The van der Waals surface area contributed by atoms with Crippen molar-refractivity contribution in [3.8, 4) is 0 Å². The summed E-state index contributed by atoms with van der Waals surface area (Å²) < 4.78 is 0. The summed E-state index contributed by atoms with van der Waals surface area (Å²) in [4.78, 5) is 24.9. The maximum Gasteiger partial charge on any atom is 0.239 e. The fraction of sp³-hybridized carbons (Fsp3) is 0.130. The predicted octanol–water partition coefficient (Wildman–Crippen LogP) is 4.83. The lowest BCUT2D eigenvalue weighted by molar-refractivity contribution is -0.119. The van der Waals surface area contributed by atoms with Crippen LogP contribution in [0.5, 0.6) is 0 Å². The van der Waals surface area contributed by atoms with Crippen LogP contribution >= 0.6 is 0 Å². The lowest BCUT2D eigenvalue weighted by Gasteiger charge is -2.29. The van der Waals surface area contributed by atoms with E-state index in [0.29, 0.717) is 11.3 Å². The summed E-state index contributed by atoms with van der Waals surface area (Å²) in [6.07, 6.45) is 0. The van der Waals surface area contributed by atoms with E-state index < -0.39 is 5.41 Å². The van der Waals surface area contributed by atoms with Gasteiger partial charge in [0.25, 0.3) is 0 Å². The Bertz CT molecular complexity index is 878. The van der Waals surface area contributed by atoms with Gasteiger partial charge in [0, 0.05) is 11.3 Å². The molecule has 3 nitrogen and oxygen atoms in total. The first-order chi connectivity index (χ1) is 12.5. The molecule has 0 fully saturated rings. The van der Waals surface area contributed by atoms with Gasteiger partial charge in [-0.2, -0.15) is 0 Å². The maximum absolute atomic E-state index is 13.3. The van der Waals surface area contributed by atoms with Crippen molar-refractivity contribution in [2.75, 3.05) is 5.32 Å². The molecule has 1 amide bonds. The first-order valence-electron chi connectivity index (χ1n) is 8.55. The van der Waals surface area contributed by atoms with Gasteiger partial charge in [0.15, 0.2) is 5.78 Å². The van der Waals surface area contributed by atoms with E-state index in [4.69, 9.17) is 0 Å². The summed E-state index contributed by atoms with van der Waals surface area (Å²) in [7, 11) is 0. The topological polar surface area (TPSA) is 46.2 Å². The summed E-state index contributed by atoms with van der Waals surface area (Å²) in [5, 5.41) is 2.98. The number of carbonyl (C=O) groups is 2. The summed E-state index contributed by atoms with van der Waals surface area (Å²) >= 11 is 0. The lowest BCUT2D eigenvalue weighted by atomic mass is 9.75. The summed E-state index contributed by atoms with van der Waals surface area (Å²) in [5.74, 6) is -0.175. The van der Waals surface area contributed by atoms with Crippen LogP contribution in [0, 0.1) is 0 Å². The molecule has 3 aromatic rings. The van der Waals surface area contributed by atoms with Crippen LogP contribution in [0.15, 0.2) is 84.9 Å². The van der Waals surface area contributed by atoms with E-state index in [1.807, 2.05) is 67.6 Å². The quantitative estimate of drug-likeness (QED) is 0.674. The number of amides is 1. The Labute approximate surface area is 153 Å². The van der Waals surface area contributed by atoms with E-state index in [9.17, 15) is 9.59 Å². The molecule has 0 unspecified atom stereocenters. The second-order valence-corrected chi connectivity index (χ2v) is 6.45. The van der Waals surface area contributed by atoms with Gasteiger partial charge in [0.05, 0.1) is 5.41 Å². The van der Waals surface area contributed by atoms with E-state index in [1.54, 1.807) is 24.3 Å². The highest BCUT2D eigenvalue weighted by atomic mass is 16.2. The Morgan fingerprint density at radius 3 is 1.81 bits per heavy atom. The van der Waals surface area contributed by atoms with Crippen molar-refractivity contribution in [2.24, 2.45) is 0 Å². The highest BCUT2D eigenvalue weighted by molar-refractivity contribution is 6.02. The molecule has 3 aromatic carbocycles. The van der Waals surface area contributed by atoms with E-state index in [2.05, 4.69) is 5.32 Å². The average Bonchev–Trinajstić information content (AvgIpc) is 2.68. The van der Waals surface area contributed by atoms with Crippen molar-refractivity contribution >= 4 is 17.4 Å². The SMILES string of the molecule is CC(=O)c1cccc(NC(=O)C(C)(c2ccccc2)c2ccccc2)c1. The predicted molar refractivity (Wildman–Crippen MR) is 104 cm³/mol. The number of anilines is 1. The molecule has 0 saturated heterocycles. The smallest absolute Gasteiger partial charge is 0.239 e. The van der Waals surface area contributed by atoms with Crippen molar-refractivity contribution < 1.29 is 9.59 Å². The van der Waals surface area contributed by atoms with Gasteiger partial charge >= 0.3 is 0 Å². The highest BCUT2D eigenvalue weighted by Crippen LogP contribution is 2.33. The number of ketones is 1. The summed E-state index contributed by atoms with van der Waals surface area (Å²) in [6.45, 7) is 3.43. The van der Waals surface area contributed by atoms with Gasteiger partial charge in [-0.15, -0.1) is 0 Å². The molecule has 0 saturated carbocycles. The third-order valence-corrected chi connectivity index (χ3v) is 4.68. The summed E-state index contributed by atoms with van der Waals surface area (Å²) in [5.41, 5.74) is 2.15. The minimum absolute atomic E-state index is 0.0324. The second-order valence-electron chi connectivity index (χ2n) is 6.45. The molecule has 0 aliphatic heterocycles. The van der Waals surface area contributed by atoms with Gasteiger partial charge in [-0.25, -0.2) is 0 Å². The van der Waals surface area contributed by atoms with Crippen LogP contribution in [0.1, 0.15) is 35.3 Å². The minimum atomic E-state index is -0.852. The molecule has 26 heavy (non-hydrogen) atoms. The Morgan fingerprint density at radius 2 is 1.31 bits per heavy atom. The van der Waals surface area contributed by atoms with Crippen LogP contribution < -0.4 is 5.32 Å². The van der Waals surface area contributed by atoms with Crippen molar-refractivity contribution in [2.45, 2.75) is 19.3 Å². The normalized spacial score (nSPS) is 11.0. The number of benzene rings is 3. The molecular formula is C23H21NO2. The summed E-state index contributed by atoms with van der Waals surface area (Å²) in [6, 6.07) is 26.4. The van der Waals surface area contributed by atoms with E-state index in [0.717, 1.165) is 11.1 Å². The van der Waals surface area contributed by atoms with Crippen LogP contribution in [0.2, 0.25) is 0 Å². The number of carbonyl (C=O) groups excluding carboxylic acids is 2. The standard InChI is InChI=1S/C23H21NO2/c1-17(25)18-10-9-15-21(16-18)24-22(26)23(2,19-11-5-3-6-12-19)20-13-7-4-8-14-20/h3-16H,1-2H3,(H,24,26). The van der Waals surface area contributed by atoms with Gasteiger partial charge in [-0.05, 0) is 37.1 Å². The molecule has 3 rings (SSSR count). The van der Waals surface area contributed by atoms with Crippen LogP contribution in [-0.2, 0) is 10.2 Å². The first kappa shape index (κ1) is 17.6. The molecule has 1 N–H and O–H groups in total. The van der Waals surface area contributed by atoms with Crippen LogP contribution in [0.25, 0.3) is 0 Å². The Morgan fingerprint density at radius 1 is 0.769 bits per heavy atom. The van der Waals surface area contributed by atoms with Crippen LogP contribution in [-0.4, -0.2) is 11.7 Å². The Kier molecular flexibility index (Phi) is 4.99. The average molecular weight is 343 g/mol. The zero-order chi connectivity index (χ0) is 18.6. The van der Waals surface area contributed by atoms with Gasteiger partial charge in [-0.3, -0.25) is 9.59 Å². The molecule has 0 atom stereocenters. The van der Waals surface area contributed by atoms with E-state index in [1.165, 1.54) is 6.92 Å². The second kappa shape index (κ2) is 7.36. The number of hydrogen-bond donors (Lipinski definition) is 1. The minimum Gasteiger partial charge on any atom is -0.325 e. The molecular weight excluding hydrogens is 322 g/mol. The van der Waals surface area contributed by atoms with Gasteiger partial charge < -0.3 is 5.32 Å². The van der Waals surface area contributed by atoms with Crippen molar-refractivity contribution in [3.63, 3.8) is 0 Å². The van der Waals surface area contributed by atoms with Crippen LogP contribution in [0.3, 0.4) is 0 Å². The zero-order valence-corrected chi connectivity index (χ0v) is 14.9. The number of hydrogen-bond acceptors (Lipinski definition) is 2. The Balaban J connectivity index is 2.01. The van der Waals surface area contributed by atoms with Gasteiger partial charge in [0.2, 0.25) is 5.91 Å². The molecule has 0 spiro atoms. The molecule has 0 radical (unpaired) electrons. The third-order valence-electron chi connectivity index (χ3n) is 4.68. The molecule has 0 bridgehead atoms. The highest BCUT2D eigenvalue weighted by Gasteiger charge is 2.37. The first-order valence-corrected chi connectivity index (χ1v) is 8.55. The van der Waals surface area contributed by atoms with Gasteiger partial charge in [-0.1, -0.05) is 72.8 Å². The molecule has 0 aliphatic rings. The molecule has 0 heterocycles. The number of Topliss-reactive ketones (excluding diaryl/α,β-unsaturated/α-hetero) is 1. The van der Waals surface area contributed by atoms with Crippen molar-refractivity contribution in [3.05, 3.63) is 102 Å². The molecule has 3 heteroatoms. The number of rotatable bonds is 5. The lowest BCUT2D eigenvalue weighted by Crippen LogP contribution is -2.38. The largest absolute Gasteiger partial charge is 0.325 e. The molecule has 0 aliphatic carbocycles. The monoisotopic (exact) mass is 343 g/mol. The maximum atomic E-state index is 13.3. The molecule has 130 valence electrons.